The van der Waals surface area contributed by atoms with Crippen molar-refractivity contribution in [3.63, 3.8) is 0 Å². The summed E-state index contributed by atoms with van der Waals surface area (Å²) < 4.78 is 0. The molecule has 5 rings (SSSR count). The molecule has 33 heavy (non-hydrogen) atoms. The van der Waals surface area contributed by atoms with Gasteiger partial charge in [-0.05, 0) is 49.7 Å². The quantitative estimate of drug-likeness (QED) is 0.307. The molecule has 9 heteroatoms. The van der Waals surface area contributed by atoms with E-state index in [-0.39, 0.29) is 5.56 Å². The Bertz CT molecular complexity index is 1490. The monoisotopic (exact) mass is 498 g/mol. The van der Waals surface area contributed by atoms with Crippen molar-refractivity contribution in [1.29, 1.82) is 0 Å². The van der Waals surface area contributed by atoms with Gasteiger partial charge in [-0.15, -0.1) is 11.8 Å². The Hall–Kier alpha value is -2.58. The molecule has 6 nitrogen and oxygen atoms in total. The van der Waals surface area contributed by atoms with Crippen molar-refractivity contribution in [1.82, 2.24) is 9.97 Å². The third-order valence-corrected chi connectivity index (χ3v) is 7.16. The summed E-state index contributed by atoms with van der Waals surface area (Å²) in [4.78, 5) is 25.0. The second kappa shape index (κ2) is 8.33. The number of aromatic amines is 1. The Morgan fingerprint density at radius 2 is 1.88 bits per heavy atom. The van der Waals surface area contributed by atoms with Gasteiger partial charge in [0.2, 0.25) is 0 Å². The minimum absolute atomic E-state index is 0.212. The fourth-order valence-electron chi connectivity index (χ4n) is 3.86. The summed E-state index contributed by atoms with van der Waals surface area (Å²) in [6.45, 7) is 4.13. The second-order valence-electron chi connectivity index (χ2n) is 8.32. The molecule has 0 fully saturated rings. The third-order valence-electron chi connectivity index (χ3n) is 5.54. The zero-order chi connectivity index (χ0) is 23.3. The fraction of sp³-hybridized carbons (Fsp3) is 0.208. The van der Waals surface area contributed by atoms with Crippen LogP contribution in [0, 0.1) is 0 Å². The fourth-order valence-corrected chi connectivity index (χ4v) is 5.29. The molecule has 0 bridgehead atoms. The van der Waals surface area contributed by atoms with Gasteiger partial charge in [0.25, 0.3) is 5.56 Å². The Labute approximate surface area is 204 Å². The minimum atomic E-state index is -1.09. The van der Waals surface area contributed by atoms with Crippen molar-refractivity contribution in [3.8, 4) is 0 Å². The summed E-state index contributed by atoms with van der Waals surface area (Å²) in [6.07, 6.45) is 1.59. The summed E-state index contributed by atoms with van der Waals surface area (Å²) in [5.74, 6) is 1.42. The van der Waals surface area contributed by atoms with E-state index in [0.717, 1.165) is 28.3 Å². The summed E-state index contributed by atoms with van der Waals surface area (Å²) in [5.41, 5.74) is 1.38. The van der Waals surface area contributed by atoms with Gasteiger partial charge in [0.15, 0.2) is 0 Å². The highest BCUT2D eigenvalue weighted by Crippen LogP contribution is 2.39. The number of halogens is 2. The Balaban J connectivity index is 1.69. The van der Waals surface area contributed by atoms with Crippen LogP contribution in [0.3, 0.4) is 0 Å². The molecule has 4 aromatic rings. The van der Waals surface area contributed by atoms with Crippen LogP contribution in [0.15, 0.2) is 52.4 Å². The predicted molar refractivity (Wildman–Crippen MR) is 139 cm³/mol. The molecule has 0 unspecified atom stereocenters. The number of anilines is 2. The highest BCUT2D eigenvalue weighted by atomic mass is 35.5. The predicted octanol–water partition coefficient (Wildman–Crippen LogP) is 5.85. The van der Waals surface area contributed by atoms with Crippen LogP contribution in [-0.4, -0.2) is 32.4 Å². The number of fused-ring (bicyclic) bond motifs is 3. The molecule has 0 saturated carbocycles. The van der Waals surface area contributed by atoms with Crippen molar-refractivity contribution in [3.05, 3.63) is 74.1 Å². The van der Waals surface area contributed by atoms with Crippen molar-refractivity contribution >= 4 is 73.2 Å². The molecule has 0 radical (unpaired) electrons. The number of rotatable bonds is 4. The van der Waals surface area contributed by atoms with Crippen LogP contribution in [0.1, 0.15) is 25.0 Å². The number of pyridine rings is 2. The molecular formula is C24H20Cl2N4O2S. The Morgan fingerprint density at radius 1 is 1.12 bits per heavy atom. The molecule has 3 heterocycles. The average Bonchev–Trinajstić information content (AvgIpc) is 3.30. The van der Waals surface area contributed by atoms with Crippen LogP contribution in [0.25, 0.3) is 21.7 Å². The van der Waals surface area contributed by atoms with Gasteiger partial charge in [-0.3, -0.25) is 9.79 Å². The molecule has 0 spiro atoms. The molecule has 0 aliphatic carbocycles. The lowest BCUT2D eigenvalue weighted by atomic mass is 9.98. The first-order valence-electron chi connectivity index (χ1n) is 10.3. The summed E-state index contributed by atoms with van der Waals surface area (Å²) in [6, 6.07) is 11.0. The van der Waals surface area contributed by atoms with Crippen LogP contribution in [0.2, 0.25) is 10.0 Å². The standard InChI is InChI=1S/C24H20Cl2N4O2S/c1-24(2,32)13-10-16(25)20(17(26)11-13)30-21-14-5-6-27-22(31)19(14)15-9-12(3-4-18(15)29-21)23-28-7-8-33-23/h3-6,9-11,32H,7-8H2,1-2H3,(H,27,31)(H,29,30). The normalized spacial score (nSPS) is 14.2. The van der Waals surface area contributed by atoms with Gasteiger partial charge in [-0.1, -0.05) is 29.3 Å². The van der Waals surface area contributed by atoms with Crippen LogP contribution in [-0.2, 0) is 5.60 Å². The lowest BCUT2D eigenvalue weighted by Gasteiger charge is -2.20. The number of aliphatic hydroxyl groups is 1. The molecule has 3 N–H and O–H groups in total. The maximum Gasteiger partial charge on any atom is 0.256 e. The molecule has 0 amide bonds. The number of hydrogen-bond donors (Lipinski definition) is 3. The number of nitrogens with one attached hydrogen (secondary N) is 2. The molecule has 0 atom stereocenters. The maximum absolute atomic E-state index is 12.9. The minimum Gasteiger partial charge on any atom is -0.386 e. The molecule has 2 aromatic carbocycles. The van der Waals surface area contributed by atoms with Crippen molar-refractivity contribution < 1.29 is 5.11 Å². The SMILES string of the molecule is CC(C)(O)c1cc(Cl)c(Nc2nc3ccc(C4=NCCS4)cc3c3c(=O)[nH]ccc23)c(Cl)c1. The van der Waals surface area contributed by atoms with Crippen LogP contribution in [0.5, 0.6) is 0 Å². The first-order valence-corrected chi connectivity index (χ1v) is 12.1. The number of thioether (sulfide) groups is 1. The molecule has 0 saturated heterocycles. The van der Waals surface area contributed by atoms with Crippen molar-refractivity contribution in [2.24, 2.45) is 4.99 Å². The van der Waals surface area contributed by atoms with E-state index in [1.807, 2.05) is 18.2 Å². The smallest absolute Gasteiger partial charge is 0.256 e. The van der Waals surface area contributed by atoms with Gasteiger partial charge < -0.3 is 15.4 Å². The van der Waals surface area contributed by atoms with Crippen LogP contribution < -0.4 is 10.9 Å². The van der Waals surface area contributed by atoms with E-state index in [1.54, 1.807) is 50.0 Å². The summed E-state index contributed by atoms with van der Waals surface area (Å²) in [7, 11) is 0. The van der Waals surface area contributed by atoms with Crippen molar-refractivity contribution in [2.45, 2.75) is 19.4 Å². The number of aromatic nitrogens is 2. The lowest BCUT2D eigenvalue weighted by molar-refractivity contribution is 0.0786. The molecule has 1 aliphatic rings. The highest BCUT2D eigenvalue weighted by Gasteiger charge is 2.21. The largest absolute Gasteiger partial charge is 0.386 e. The van der Waals surface area contributed by atoms with E-state index in [4.69, 9.17) is 28.2 Å². The number of benzene rings is 2. The van der Waals surface area contributed by atoms with E-state index in [0.29, 0.717) is 43.4 Å². The van der Waals surface area contributed by atoms with Gasteiger partial charge in [-0.2, -0.15) is 0 Å². The molecule has 168 valence electrons. The number of nitrogens with zero attached hydrogens (tertiary/aromatic N) is 2. The molecular weight excluding hydrogens is 479 g/mol. The highest BCUT2D eigenvalue weighted by molar-refractivity contribution is 8.14. The summed E-state index contributed by atoms with van der Waals surface area (Å²) >= 11 is 14.7. The molecule has 1 aliphatic heterocycles. The van der Waals surface area contributed by atoms with E-state index in [9.17, 15) is 9.90 Å². The van der Waals surface area contributed by atoms with Gasteiger partial charge in [0, 0.05) is 34.8 Å². The van der Waals surface area contributed by atoms with Crippen LogP contribution in [0.4, 0.5) is 11.5 Å². The first-order chi connectivity index (χ1) is 15.7. The van der Waals surface area contributed by atoms with E-state index in [1.165, 1.54) is 0 Å². The van der Waals surface area contributed by atoms with E-state index in [2.05, 4.69) is 15.3 Å². The van der Waals surface area contributed by atoms with Crippen LogP contribution >= 0.6 is 35.0 Å². The zero-order valence-corrected chi connectivity index (χ0v) is 20.2. The maximum atomic E-state index is 12.9. The lowest BCUT2D eigenvalue weighted by Crippen LogP contribution is -2.15. The number of H-pyrrole nitrogens is 1. The topological polar surface area (TPSA) is 90.4 Å². The number of aliphatic imine (C=N–C) groups is 1. The number of hydrogen-bond acceptors (Lipinski definition) is 6. The van der Waals surface area contributed by atoms with Gasteiger partial charge in [0.05, 0.1) is 37.3 Å². The van der Waals surface area contributed by atoms with Gasteiger partial charge >= 0.3 is 0 Å². The Kier molecular flexibility index (Phi) is 5.61. The average molecular weight is 499 g/mol. The summed E-state index contributed by atoms with van der Waals surface area (Å²) in [5, 5.41) is 17.1. The zero-order valence-electron chi connectivity index (χ0n) is 17.9. The van der Waals surface area contributed by atoms with E-state index < -0.39 is 5.60 Å². The van der Waals surface area contributed by atoms with E-state index >= 15 is 0 Å². The second-order valence-corrected chi connectivity index (χ2v) is 10.2. The van der Waals surface area contributed by atoms with Gasteiger partial charge in [0.1, 0.15) is 5.82 Å². The van der Waals surface area contributed by atoms with Crippen molar-refractivity contribution in [2.75, 3.05) is 17.6 Å². The molecule has 2 aromatic heterocycles. The first kappa shape index (κ1) is 22.2. The van der Waals surface area contributed by atoms with Gasteiger partial charge in [-0.25, -0.2) is 4.98 Å². The third kappa shape index (κ3) is 4.10. The Morgan fingerprint density at radius 3 is 2.55 bits per heavy atom.